The molecule has 12 heavy (non-hydrogen) atoms. The fraction of sp³-hybridized carbons (Fsp3) is 1.00. The SMILES string of the molecule is CC1CCC(C(C)C)C(CCl)C1. The van der Waals surface area contributed by atoms with Crippen LogP contribution in [0.3, 0.4) is 0 Å². The lowest BCUT2D eigenvalue weighted by Gasteiger charge is -2.36. The van der Waals surface area contributed by atoms with E-state index in [4.69, 9.17) is 11.6 Å². The Bertz CT molecular complexity index is 131. The number of hydrogen-bond acceptors (Lipinski definition) is 0. The highest BCUT2D eigenvalue weighted by Gasteiger charge is 2.29. The van der Waals surface area contributed by atoms with E-state index in [0.717, 1.165) is 29.6 Å². The van der Waals surface area contributed by atoms with E-state index in [1.807, 2.05) is 0 Å². The van der Waals surface area contributed by atoms with Crippen molar-refractivity contribution in [2.24, 2.45) is 23.7 Å². The summed E-state index contributed by atoms with van der Waals surface area (Å²) in [5.41, 5.74) is 0. The third kappa shape index (κ3) is 2.39. The van der Waals surface area contributed by atoms with Crippen LogP contribution in [-0.2, 0) is 0 Å². The number of hydrogen-bond donors (Lipinski definition) is 0. The van der Waals surface area contributed by atoms with Crippen LogP contribution in [0.5, 0.6) is 0 Å². The summed E-state index contributed by atoms with van der Waals surface area (Å²) in [5, 5.41) is 0. The Morgan fingerprint density at radius 1 is 1.33 bits per heavy atom. The van der Waals surface area contributed by atoms with Crippen molar-refractivity contribution in [1.82, 2.24) is 0 Å². The maximum Gasteiger partial charge on any atom is 0.0254 e. The summed E-state index contributed by atoms with van der Waals surface area (Å²) in [6, 6.07) is 0. The maximum absolute atomic E-state index is 5.98. The molecule has 0 bridgehead atoms. The Hall–Kier alpha value is 0.290. The van der Waals surface area contributed by atoms with Gasteiger partial charge in [-0.1, -0.05) is 27.2 Å². The molecule has 1 saturated carbocycles. The summed E-state index contributed by atoms with van der Waals surface area (Å²) in [5.74, 6) is 4.27. The molecule has 0 nitrogen and oxygen atoms in total. The van der Waals surface area contributed by atoms with E-state index in [1.54, 1.807) is 0 Å². The highest BCUT2D eigenvalue weighted by Crippen LogP contribution is 2.38. The lowest BCUT2D eigenvalue weighted by atomic mass is 9.71. The fourth-order valence-corrected chi connectivity index (χ4v) is 2.93. The molecule has 0 amide bonds. The normalized spacial score (nSPS) is 37.2. The monoisotopic (exact) mass is 188 g/mol. The molecule has 3 atom stereocenters. The molecule has 1 aliphatic rings. The Morgan fingerprint density at radius 3 is 2.50 bits per heavy atom. The predicted octanol–water partition coefficient (Wildman–Crippen LogP) is 3.93. The minimum atomic E-state index is 0.787. The third-order valence-electron chi connectivity index (χ3n) is 3.36. The first kappa shape index (κ1) is 10.4. The summed E-state index contributed by atoms with van der Waals surface area (Å²) < 4.78 is 0. The third-order valence-corrected chi connectivity index (χ3v) is 3.75. The van der Waals surface area contributed by atoms with Crippen LogP contribution in [0.1, 0.15) is 40.0 Å². The average molecular weight is 189 g/mol. The summed E-state index contributed by atoms with van der Waals surface area (Å²) in [4.78, 5) is 0. The van der Waals surface area contributed by atoms with E-state index >= 15 is 0 Å². The zero-order valence-electron chi connectivity index (χ0n) is 8.52. The van der Waals surface area contributed by atoms with Crippen LogP contribution in [-0.4, -0.2) is 5.88 Å². The Labute approximate surface area is 81.7 Å². The van der Waals surface area contributed by atoms with Crippen LogP contribution < -0.4 is 0 Å². The molecule has 0 spiro atoms. The van der Waals surface area contributed by atoms with Gasteiger partial charge in [-0.2, -0.15) is 0 Å². The van der Waals surface area contributed by atoms with Crippen molar-refractivity contribution in [2.75, 3.05) is 5.88 Å². The molecule has 1 aliphatic carbocycles. The van der Waals surface area contributed by atoms with Gasteiger partial charge in [0.2, 0.25) is 0 Å². The quantitative estimate of drug-likeness (QED) is 0.576. The van der Waals surface area contributed by atoms with Gasteiger partial charge in [-0.15, -0.1) is 11.6 Å². The smallest absolute Gasteiger partial charge is 0.0254 e. The molecule has 0 saturated heterocycles. The second-order valence-corrected chi connectivity index (χ2v) is 5.05. The molecular weight excluding hydrogens is 168 g/mol. The van der Waals surface area contributed by atoms with Crippen LogP contribution in [0.15, 0.2) is 0 Å². The lowest BCUT2D eigenvalue weighted by Crippen LogP contribution is -2.28. The summed E-state index contributed by atoms with van der Waals surface area (Å²) in [6.07, 6.45) is 4.17. The van der Waals surface area contributed by atoms with Crippen molar-refractivity contribution in [3.63, 3.8) is 0 Å². The Kier molecular flexibility index (Phi) is 3.89. The number of alkyl halides is 1. The standard InChI is InChI=1S/C11H21Cl/c1-8(2)11-5-4-9(3)6-10(11)7-12/h8-11H,4-7H2,1-3H3. The summed E-state index contributed by atoms with van der Waals surface area (Å²) in [7, 11) is 0. The Balaban J connectivity index is 2.50. The first-order chi connectivity index (χ1) is 5.65. The summed E-state index contributed by atoms with van der Waals surface area (Å²) in [6.45, 7) is 7.02. The van der Waals surface area contributed by atoms with E-state index in [1.165, 1.54) is 19.3 Å². The fourth-order valence-electron chi connectivity index (χ4n) is 2.58. The van der Waals surface area contributed by atoms with Gasteiger partial charge in [0.1, 0.15) is 0 Å². The minimum absolute atomic E-state index is 0.787. The van der Waals surface area contributed by atoms with E-state index in [0.29, 0.717) is 0 Å². The maximum atomic E-state index is 5.98. The second-order valence-electron chi connectivity index (χ2n) is 4.74. The average Bonchev–Trinajstić information content (AvgIpc) is 2.03. The van der Waals surface area contributed by atoms with Crippen LogP contribution in [0.2, 0.25) is 0 Å². The molecule has 0 N–H and O–H groups in total. The Morgan fingerprint density at radius 2 is 2.00 bits per heavy atom. The summed E-state index contributed by atoms with van der Waals surface area (Å²) >= 11 is 5.98. The predicted molar refractivity (Wildman–Crippen MR) is 55.6 cm³/mol. The van der Waals surface area contributed by atoms with Gasteiger partial charge in [-0.3, -0.25) is 0 Å². The highest BCUT2D eigenvalue weighted by molar-refractivity contribution is 6.18. The zero-order valence-corrected chi connectivity index (χ0v) is 9.27. The van der Waals surface area contributed by atoms with Crippen LogP contribution >= 0.6 is 11.6 Å². The van der Waals surface area contributed by atoms with E-state index < -0.39 is 0 Å². The molecule has 1 fully saturated rings. The van der Waals surface area contributed by atoms with E-state index in [9.17, 15) is 0 Å². The molecule has 0 aromatic rings. The first-order valence-electron chi connectivity index (χ1n) is 5.21. The first-order valence-corrected chi connectivity index (χ1v) is 5.74. The van der Waals surface area contributed by atoms with Crippen molar-refractivity contribution < 1.29 is 0 Å². The van der Waals surface area contributed by atoms with Crippen molar-refractivity contribution >= 4 is 11.6 Å². The van der Waals surface area contributed by atoms with Gasteiger partial charge in [0.25, 0.3) is 0 Å². The van der Waals surface area contributed by atoms with Crippen molar-refractivity contribution in [1.29, 1.82) is 0 Å². The highest BCUT2D eigenvalue weighted by atomic mass is 35.5. The molecule has 0 aromatic carbocycles. The molecule has 3 unspecified atom stereocenters. The van der Waals surface area contributed by atoms with Crippen molar-refractivity contribution in [3.05, 3.63) is 0 Å². The largest absolute Gasteiger partial charge is 0.126 e. The molecular formula is C11H21Cl. The van der Waals surface area contributed by atoms with Crippen molar-refractivity contribution in [3.8, 4) is 0 Å². The molecule has 0 aromatic heterocycles. The molecule has 72 valence electrons. The van der Waals surface area contributed by atoms with E-state index in [-0.39, 0.29) is 0 Å². The van der Waals surface area contributed by atoms with Crippen LogP contribution in [0, 0.1) is 23.7 Å². The van der Waals surface area contributed by atoms with Gasteiger partial charge in [0.15, 0.2) is 0 Å². The van der Waals surface area contributed by atoms with Gasteiger partial charge in [0, 0.05) is 5.88 Å². The molecule has 0 heterocycles. The van der Waals surface area contributed by atoms with E-state index in [2.05, 4.69) is 20.8 Å². The number of rotatable bonds is 2. The molecule has 1 rings (SSSR count). The van der Waals surface area contributed by atoms with Gasteiger partial charge in [-0.05, 0) is 36.5 Å². The molecule has 1 heteroatoms. The molecule has 0 radical (unpaired) electrons. The molecule has 0 aliphatic heterocycles. The van der Waals surface area contributed by atoms with Gasteiger partial charge >= 0.3 is 0 Å². The van der Waals surface area contributed by atoms with Crippen LogP contribution in [0.4, 0.5) is 0 Å². The topological polar surface area (TPSA) is 0 Å². The van der Waals surface area contributed by atoms with Crippen molar-refractivity contribution in [2.45, 2.75) is 40.0 Å². The second kappa shape index (κ2) is 4.50. The zero-order chi connectivity index (χ0) is 9.14. The van der Waals surface area contributed by atoms with Gasteiger partial charge < -0.3 is 0 Å². The van der Waals surface area contributed by atoms with Gasteiger partial charge in [0.05, 0.1) is 0 Å². The van der Waals surface area contributed by atoms with Crippen LogP contribution in [0.25, 0.3) is 0 Å². The lowest BCUT2D eigenvalue weighted by molar-refractivity contribution is 0.161. The van der Waals surface area contributed by atoms with Gasteiger partial charge in [-0.25, -0.2) is 0 Å². The number of halogens is 1. The minimum Gasteiger partial charge on any atom is -0.126 e.